The van der Waals surface area contributed by atoms with Gasteiger partial charge in [-0.3, -0.25) is 4.79 Å². The van der Waals surface area contributed by atoms with Gasteiger partial charge in [-0.1, -0.05) is 42.5 Å². The number of carbonyl (C=O) groups excluding carboxylic acids is 1. The Labute approximate surface area is 124 Å². The third-order valence-corrected chi connectivity index (χ3v) is 3.24. The quantitative estimate of drug-likeness (QED) is 0.712. The van der Waals surface area contributed by atoms with Crippen molar-refractivity contribution >= 4 is 5.91 Å². The van der Waals surface area contributed by atoms with Crippen molar-refractivity contribution in [2.75, 3.05) is 6.54 Å². The molecule has 3 N–H and O–H groups in total. The number of aliphatic hydroxyl groups excluding tert-OH is 1. The summed E-state index contributed by atoms with van der Waals surface area (Å²) in [4.78, 5) is 11.8. The van der Waals surface area contributed by atoms with E-state index in [0.29, 0.717) is 12.1 Å². The Morgan fingerprint density at radius 3 is 2.38 bits per heavy atom. The van der Waals surface area contributed by atoms with Crippen LogP contribution in [0.15, 0.2) is 54.6 Å². The second-order valence-corrected chi connectivity index (χ2v) is 4.87. The van der Waals surface area contributed by atoms with Gasteiger partial charge >= 0.3 is 0 Å². The van der Waals surface area contributed by atoms with E-state index in [0.717, 1.165) is 18.4 Å². The first-order valence-corrected chi connectivity index (χ1v) is 6.95. The van der Waals surface area contributed by atoms with Gasteiger partial charge in [0.25, 0.3) is 5.91 Å². The molecule has 0 aliphatic rings. The van der Waals surface area contributed by atoms with Gasteiger partial charge < -0.3 is 15.5 Å². The van der Waals surface area contributed by atoms with Gasteiger partial charge in [-0.15, -0.1) is 0 Å². The molecule has 0 radical (unpaired) electrons. The number of hydrogen-bond acceptors (Lipinski definition) is 3. The zero-order valence-corrected chi connectivity index (χ0v) is 11.7. The topological polar surface area (TPSA) is 69.6 Å². The van der Waals surface area contributed by atoms with Gasteiger partial charge in [0.05, 0.1) is 0 Å². The van der Waals surface area contributed by atoms with Crippen LogP contribution >= 0.6 is 0 Å². The molecule has 2 aromatic carbocycles. The lowest BCUT2D eigenvalue weighted by atomic mass is 10.1. The molecule has 0 aromatic heterocycles. The maximum Gasteiger partial charge on any atom is 0.253 e. The maximum atomic E-state index is 11.8. The molecule has 0 saturated heterocycles. The lowest BCUT2D eigenvalue weighted by molar-refractivity contribution is -0.129. The van der Waals surface area contributed by atoms with E-state index < -0.39 is 6.10 Å². The standard InChI is InChI=1S/C17H19NO3/c19-15-10-8-13(9-11-15)5-4-12-18-17(21)16(20)14-6-2-1-3-7-14/h1-3,6-11,16,19-20H,4-5,12H2,(H,18,21)/t16-/m1/s1. The molecular weight excluding hydrogens is 266 g/mol. The number of rotatable bonds is 6. The average Bonchev–Trinajstić information content (AvgIpc) is 2.53. The first-order chi connectivity index (χ1) is 10.2. The monoisotopic (exact) mass is 285 g/mol. The van der Waals surface area contributed by atoms with Crippen LogP contribution in [0.3, 0.4) is 0 Å². The molecule has 1 amide bonds. The molecule has 21 heavy (non-hydrogen) atoms. The van der Waals surface area contributed by atoms with Crippen molar-refractivity contribution in [2.45, 2.75) is 18.9 Å². The summed E-state index contributed by atoms with van der Waals surface area (Å²) in [7, 11) is 0. The number of hydrogen-bond donors (Lipinski definition) is 3. The van der Waals surface area contributed by atoms with Gasteiger partial charge in [0.1, 0.15) is 5.75 Å². The summed E-state index contributed by atoms with van der Waals surface area (Å²) in [6.07, 6.45) is 0.458. The number of amides is 1. The fourth-order valence-electron chi connectivity index (χ4n) is 2.05. The van der Waals surface area contributed by atoms with Crippen molar-refractivity contribution in [3.63, 3.8) is 0 Å². The summed E-state index contributed by atoms with van der Waals surface area (Å²) < 4.78 is 0. The molecule has 4 nitrogen and oxygen atoms in total. The third kappa shape index (κ3) is 4.61. The average molecular weight is 285 g/mol. The molecule has 4 heteroatoms. The number of aliphatic hydroxyl groups is 1. The number of nitrogens with one attached hydrogen (secondary N) is 1. The van der Waals surface area contributed by atoms with E-state index >= 15 is 0 Å². The molecule has 1 atom stereocenters. The Morgan fingerprint density at radius 2 is 1.71 bits per heavy atom. The predicted molar refractivity (Wildman–Crippen MR) is 80.8 cm³/mol. The maximum absolute atomic E-state index is 11.8. The smallest absolute Gasteiger partial charge is 0.253 e. The van der Waals surface area contributed by atoms with E-state index in [1.165, 1.54) is 0 Å². The minimum atomic E-state index is -1.13. The first kappa shape index (κ1) is 15.1. The molecule has 0 aliphatic carbocycles. The normalized spacial score (nSPS) is 11.9. The minimum absolute atomic E-state index is 0.248. The molecule has 0 heterocycles. The van der Waals surface area contributed by atoms with Crippen molar-refractivity contribution < 1.29 is 15.0 Å². The van der Waals surface area contributed by atoms with Crippen LogP contribution in [0.1, 0.15) is 23.7 Å². The van der Waals surface area contributed by atoms with Crippen LogP contribution in [-0.4, -0.2) is 22.7 Å². The third-order valence-electron chi connectivity index (χ3n) is 3.24. The van der Waals surface area contributed by atoms with Gasteiger partial charge in [-0.05, 0) is 36.1 Å². The Balaban J connectivity index is 1.73. The Morgan fingerprint density at radius 1 is 1.05 bits per heavy atom. The van der Waals surface area contributed by atoms with Gasteiger partial charge in [-0.2, -0.15) is 0 Å². The fraction of sp³-hybridized carbons (Fsp3) is 0.235. The SMILES string of the molecule is O=C(NCCCc1ccc(O)cc1)[C@H](O)c1ccccc1. The molecule has 0 fully saturated rings. The first-order valence-electron chi connectivity index (χ1n) is 6.95. The van der Waals surface area contributed by atoms with Crippen LogP contribution in [0.5, 0.6) is 5.75 Å². The van der Waals surface area contributed by atoms with Gasteiger partial charge in [0.15, 0.2) is 6.10 Å². The van der Waals surface area contributed by atoms with E-state index in [1.807, 2.05) is 18.2 Å². The zero-order valence-electron chi connectivity index (χ0n) is 11.7. The van der Waals surface area contributed by atoms with Gasteiger partial charge in [0.2, 0.25) is 0 Å². The van der Waals surface area contributed by atoms with Crippen LogP contribution < -0.4 is 5.32 Å². The van der Waals surface area contributed by atoms with E-state index in [9.17, 15) is 15.0 Å². The highest BCUT2D eigenvalue weighted by Gasteiger charge is 2.15. The minimum Gasteiger partial charge on any atom is -0.508 e. The van der Waals surface area contributed by atoms with E-state index in [4.69, 9.17) is 0 Å². The summed E-state index contributed by atoms with van der Waals surface area (Å²) in [5.74, 6) is -0.134. The summed E-state index contributed by atoms with van der Waals surface area (Å²) >= 11 is 0. The number of benzene rings is 2. The van der Waals surface area contributed by atoms with E-state index in [1.54, 1.807) is 36.4 Å². The molecular formula is C17H19NO3. The van der Waals surface area contributed by atoms with E-state index in [2.05, 4.69) is 5.32 Å². The van der Waals surface area contributed by atoms with E-state index in [-0.39, 0.29) is 11.7 Å². The van der Waals surface area contributed by atoms with Crippen LogP contribution in [0, 0.1) is 0 Å². The second kappa shape index (κ2) is 7.45. The zero-order chi connectivity index (χ0) is 15.1. The van der Waals surface area contributed by atoms with Crippen LogP contribution in [-0.2, 0) is 11.2 Å². The molecule has 0 saturated carbocycles. The number of phenolic OH excluding ortho intramolecular Hbond substituents is 1. The Hall–Kier alpha value is -2.33. The van der Waals surface area contributed by atoms with Crippen LogP contribution in [0.4, 0.5) is 0 Å². The summed E-state index contributed by atoms with van der Waals surface area (Å²) in [5, 5.41) is 21.8. The van der Waals surface area contributed by atoms with Crippen molar-refractivity contribution in [1.82, 2.24) is 5.32 Å². The highest BCUT2D eigenvalue weighted by Crippen LogP contribution is 2.12. The number of aryl methyl sites for hydroxylation is 1. The van der Waals surface area contributed by atoms with Crippen molar-refractivity contribution in [3.05, 3.63) is 65.7 Å². The van der Waals surface area contributed by atoms with Crippen molar-refractivity contribution in [1.29, 1.82) is 0 Å². The number of aromatic hydroxyl groups is 1. The molecule has 2 aromatic rings. The Kier molecular flexibility index (Phi) is 5.35. The van der Waals surface area contributed by atoms with Crippen LogP contribution in [0.25, 0.3) is 0 Å². The van der Waals surface area contributed by atoms with Gasteiger partial charge in [0, 0.05) is 6.54 Å². The van der Waals surface area contributed by atoms with Crippen molar-refractivity contribution in [3.8, 4) is 5.75 Å². The summed E-state index contributed by atoms with van der Waals surface area (Å²) in [6.45, 7) is 0.504. The molecule has 110 valence electrons. The molecule has 0 aliphatic heterocycles. The predicted octanol–water partition coefficient (Wildman–Crippen LogP) is 2.17. The number of phenols is 1. The summed E-state index contributed by atoms with van der Waals surface area (Å²) in [5.41, 5.74) is 1.69. The highest BCUT2D eigenvalue weighted by atomic mass is 16.3. The second-order valence-electron chi connectivity index (χ2n) is 4.87. The van der Waals surface area contributed by atoms with Crippen LogP contribution in [0.2, 0.25) is 0 Å². The largest absolute Gasteiger partial charge is 0.508 e. The van der Waals surface area contributed by atoms with Crippen molar-refractivity contribution in [2.24, 2.45) is 0 Å². The molecule has 2 rings (SSSR count). The molecule has 0 spiro atoms. The molecule has 0 unspecified atom stereocenters. The lowest BCUT2D eigenvalue weighted by Crippen LogP contribution is -2.30. The molecule has 0 bridgehead atoms. The lowest BCUT2D eigenvalue weighted by Gasteiger charge is -2.11. The fourth-order valence-corrected chi connectivity index (χ4v) is 2.05. The Bertz CT molecular complexity index is 566. The van der Waals surface area contributed by atoms with Gasteiger partial charge in [-0.25, -0.2) is 0 Å². The number of carbonyl (C=O) groups is 1. The summed E-state index contributed by atoms with van der Waals surface area (Å²) in [6, 6.07) is 15.9. The highest BCUT2D eigenvalue weighted by molar-refractivity contribution is 5.81.